The van der Waals surface area contributed by atoms with Crippen LogP contribution in [0.25, 0.3) is 0 Å². The van der Waals surface area contributed by atoms with Crippen LogP contribution in [0.4, 0.5) is 5.69 Å². The van der Waals surface area contributed by atoms with Gasteiger partial charge in [0.25, 0.3) is 0 Å². The van der Waals surface area contributed by atoms with Gasteiger partial charge in [-0.3, -0.25) is 9.79 Å². The first-order chi connectivity index (χ1) is 7.86. The average molecular weight is 217 g/mol. The first-order valence-corrected chi connectivity index (χ1v) is 5.03. The minimum absolute atomic E-state index is 0.563. The minimum Gasteiger partial charge on any atom is -0.404 e. The van der Waals surface area contributed by atoms with Gasteiger partial charge in [-0.2, -0.15) is 0 Å². The first-order valence-electron chi connectivity index (χ1n) is 5.03. The van der Waals surface area contributed by atoms with Crippen molar-refractivity contribution in [2.24, 2.45) is 10.7 Å². The molecule has 0 radical (unpaired) electrons. The Morgan fingerprint density at radius 3 is 2.75 bits per heavy atom. The molecule has 3 N–H and O–H groups in total. The fourth-order valence-corrected chi connectivity index (χ4v) is 1.14. The van der Waals surface area contributed by atoms with Crippen LogP contribution in [-0.2, 0) is 4.79 Å². The van der Waals surface area contributed by atoms with E-state index in [1.54, 1.807) is 6.21 Å². The molecule has 0 saturated heterocycles. The monoisotopic (exact) mass is 217 g/mol. The highest BCUT2D eigenvalue weighted by atomic mass is 16.1. The number of nitrogens with zero attached hydrogens (tertiary/aromatic N) is 1. The lowest BCUT2D eigenvalue weighted by Gasteiger charge is -1.99. The number of nitrogens with two attached hydrogens (primary N) is 1. The number of carbonyl (C=O) groups is 1. The van der Waals surface area contributed by atoms with Crippen molar-refractivity contribution in [1.29, 1.82) is 0 Å². The fraction of sp³-hybridized carbons (Fsp3) is 0.167. The van der Waals surface area contributed by atoms with Crippen LogP contribution in [-0.4, -0.2) is 19.2 Å². The van der Waals surface area contributed by atoms with E-state index in [2.05, 4.69) is 10.3 Å². The normalized spacial score (nSPS) is 11.6. The van der Waals surface area contributed by atoms with E-state index in [4.69, 9.17) is 5.73 Å². The SMILES string of the molecule is N/C=C(\C=Nc1ccccc1)CCNC=O. The average Bonchev–Trinajstić information content (AvgIpc) is 2.35. The largest absolute Gasteiger partial charge is 0.404 e. The van der Waals surface area contributed by atoms with Crippen molar-refractivity contribution in [2.45, 2.75) is 6.42 Å². The first kappa shape index (κ1) is 12.0. The molecule has 1 aromatic carbocycles. The second kappa shape index (κ2) is 7.23. The lowest BCUT2D eigenvalue weighted by molar-refractivity contribution is -0.109. The lowest BCUT2D eigenvalue weighted by Crippen LogP contribution is -2.13. The van der Waals surface area contributed by atoms with Gasteiger partial charge in [0.15, 0.2) is 0 Å². The van der Waals surface area contributed by atoms with E-state index in [0.717, 1.165) is 11.3 Å². The van der Waals surface area contributed by atoms with Gasteiger partial charge in [-0.15, -0.1) is 0 Å². The molecule has 1 aromatic rings. The number of carbonyl (C=O) groups excluding carboxylic acids is 1. The molecular formula is C12H15N3O. The van der Waals surface area contributed by atoms with Crippen LogP contribution < -0.4 is 11.1 Å². The molecule has 0 aliphatic carbocycles. The van der Waals surface area contributed by atoms with Gasteiger partial charge in [0.1, 0.15) is 0 Å². The van der Waals surface area contributed by atoms with E-state index >= 15 is 0 Å². The number of aliphatic imine (C=N–C) groups is 1. The van der Waals surface area contributed by atoms with E-state index in [0.29, 0.717) is 19.4 Å². The standard InChI is InChI=1S/C12H15N3O/c13-8-11(6-7-14-10-16)9-15-12-4-2-1-3-5-12/h1-5,8-10H,6-7,13H2,(H,14,16)/b11-8-,15-9?. The van der Waals surface area contributed by atoms with Crippen molar-refractivity contribution in [2.75, 3.05) is 6.54 Å². The van der Waals surface area contributed by atoms with Crippen molar-refractivity contribution in [3.63, 3.8) is 0 Å². The maximum atomic E-state index is 10.1. The molecule has 84 valence electrons. The lowest BCUT2D eigenvalue weighted by atomic mass is 10.2. The van der Waals surface area contributed by atoms with E-state index in [9.17, 15) is 4.79 Å². The summed E-state index contributed by atoms with van der Waals surface area (Å²) in [5.74, 6) is 0. The van der Waals surface area contributed by atoms with Crippen LogP contribution in [0, 0.1) is 0 Å². The summed E-state index contributed by atoms with van der Waals surface area (Å²) in [4.78, 5) is 14.3. The van der Waals surface area contributed by atoms with Crippen molar-refractivity contribution in [3.05, 3.63) is 42.1 Å². The van der Waals surface area contributed by atoms with Crippen LogP contribution in [0.2, 0.25) is 0 Å². The molecule has 0 atom stereocenters. The van der Waals surface area contributed by atoms with E-state index in [1.165, 1.54) is 6.20 Å². The van der Waals surface area contributed by atoms with Crippen LogP contribution in [0.1, 0.15) is 6.42 Å². The highest BCUT2D eigenvalue weighted by Crippen LogP contribution is 2.09. The molecule has 4 heteroatoms. The summed E-state index contributed by atoms with van der Waals surface area (Å²) >= 11 is 0. The van der Waals surface area contributed by atoms with Gasteiger partial charge in [0, 0.05) is 12.8 Å². The van der Waals surface area contributed by atoms with Crippen molar-refractivity contribution < 1.29 is 4.79 Å². The van der Waals surface area contributed by atoms with Crippen molar-refractivity contribution in [3.8, 4) is 0 Å². The number of hydrogen-bond acceptors (Lipinski definition) is 3. The Morgan fingerprint density at radius 1 is 1.38 bits per heavy atom. The Labute approximate surface area is 94.9 Å². The number of hydrogen-bond donors (Lipinski definition) is 2. The number of nitrogens with one attached hydrogen (secondary N) is 1. The summed E-state index contributed by atoms with van der Waals surface area (Å²) in [6.07, 6.45) is 4.55. The number of rotatable bonds is 6. The van der Waals surface area contributed by atoms with Gasteiger partial charge in [-0.1, -0.05) is 18.2 Å². The molecule has 0 aromatic heterocycles. The predicted molar refractivity (Wildman–Crippen MR) is 65.5 cm³/mol. The third kappa shape index (κ3) is 4.41. The number of benzene rings is 1. The predicted octanol–water partition coefficient (Wildman–Crippen LogP) is 1.37. The fourth-order valence-electron chi connectivity index (χ4n) is 1.14. The summed E-state index contributed by atoms with van der Waals surface area (Å²) in [5.41, 5.74) is 7.22. The molecule has 1 amide bonds. The Hall–Kier alpha value is -2.10. The Kier molecular flexibility index (Phi) is 5.41. The number of para-hydroxylation sites is 1. The van der Waals surface area contributed by atoms with E-state index < -0.39 is 0 Å². The summed E-state index contributed by atoms with van der Waals surface area (Å²) < 4.78 is 0. The van der Waals surface area contributed by atoms with Crippen LogP contribution in [0.3, 0.4) is 0 Å². The molecule has 0 unspecified atom stereocenters. The van der Waals surface area contributed by atoms with E-state index in [1.807, 2.05) is 30.3 Å². The highest BCUT2D eigenvalue weighted by Gasteiger charge is 1.92. The van der Waals surface area contributed by atoms with Crippen molar-refractivity contribution >= 4 is 18.3 Å². The Bertz CT molecular complexity index is 371. The van der Waals surface area contributed by atoms with Crippen LogP contribution >= 0.6 is 0 Å². The summed E-state index contributed by atoms with van der Waals surface area (Å²) in [7, 11) is 0. The minimum atomic E-state index is 0.563. The smallest absolute Gasteiger partial charge is 0.207 e. The zero-order valence-corrected chi connectivity index (χ0v) is 8.97. The molecule has 0 saturated carbocycles. The van der Waals surface area contributed by atoms with E-state index in [-0.39, 0.29) is 0 Å². The summed E-state index contributed by atoms with van der Waals surface area (Å²) in [6.45, 7) is 0.563. The molecule has 0 aliphatic heterocycles. The Balaban J connectivity index is 2.50. The van der Waals surface area contributed by atoms with Gasteiger partial charge < -0.3 is 11.1 Å². The molecule has 16 heavy (non-hydrogen) atoms. The third-order valence-corrected chi connectivity index (χ3v) is 1.99. The van der Waals surface area contributed by atoms with Crippen LogP contribution in [0.15, 0.2) is 47.1 Å². The quantitative estimate of drug-likeness (QED) is 0.429. The number of amides is 1. The molecule has 4 nitrogen and oxygen atoms in total. The zero-order chi connectivity index (χ0) is 11.6. The molecule has 0 aliphatic rings. The molecule has 0 heterocycles. The summed E-state index contributed by atoms with van der Waals surface area (Å²) in [6, 6.07) is 9.61. The zero-order valence-electron chi connectivity index (χ0n) is 8.97. The van der Waals surface area contributed by atoms with Gasteiger partial charge >= 0.3 is 0 Å². The molecule has 1 rings (SSSR count). The molecular weight excluding hydrogens is 202 g/mol. The van der Waals surface area contributed by atoms with Gasteiger partial charge in [0.2, 0.25) is 6.41 Å². The van der Waals surface area contributed by atoms with Gasteiger partial charge in [0.05, 0.1) is 5.69 Å². The summed E-state index contributed by atoms with van der Waals surface area (Å²) in [5, 5.41) is 2.57. The Morgan fingerprint density at radius 2 is 2.12 bits per heavy atom. The van der Waals surface area contributed by atoms with Crippen molar-refractivity contribution in [1.82, 2.24) is 5.32 Å². The maximum Gasteiger partial charge on any atom is 0.207 e. The maximum absolute atomic E-state index is 10.1. The highest BCUT2D eigenvalue weighted by molar-refractivity contribution is 5.80. The van der Waals surface area contributed by atoms with Crippen LogP contribution in [0.5, 0.6) is 0 Å². The second-order valence-corrected chi connectivity index (χ2v) is 3.16. The second-order valence-electron chi connectivity index (χ2n) is 3.16. The molecule has 0 fully saturated rings. The van der Waals surface area contributed by atoms with Gasteiger partial charge in [-0.25, -0.2) is 0 Å². The third-order valence-electron chi connectivity index (χ3n) is 1.99. The van der Waals surface area contributed by atoms with Gasteiger partial charge in [-0.05, 0) is 30.3 Å². The molecule has 0 bridgehead atoms. The topological polar surface area (TPSA) is 67.5 Å². The molecule has 0 spiro atoms.